The van der Waals surface area contributed by atoms with Gasteiger partial charge in [-0.25, -0.2) is 0 Å². The topological polar surface area (TPSA) is 12.9 Å². The molecule has 48 heavy (non-hydrogen) atoms. The maximum Gasteiger partial charge on any atom is 0.0702 e. The van der Waals surface area contributed by atoms with Gasteiger partial charge in [0.05, 0.1) is 5.69 Å². The maximum atomic E-state index is 4.65. The molecular formula is C47H33N. The Morgan fingerprint density at radius 3 is 0.958 bits per heavy atom. The van der Waals surface area contributed by atoms with Crippen LogP contribution in [0.3, 0.4) is 0 Å². The van der Waals surface area contributed by atoms with Gasteiger partial charge in [-0.2, -0.15) is 0 Å². The molecule has 0 aliphatic carbocycles. The Morgan fingerprint density at radius 1 is 0.208 bits per heavy atom. The first-order chi connectivity index (χ1) is 23.8. The van der Waals surface area contributed by atoms with Crippen molar-refractivity contribution in [2.75, 3.05) is 0 Å². The van der Waals surface area contributed by atoms with Crippen molar-refractivity contribution in [2.24, 2.45) is 0 Å². The molecule has 1 aromatic heterocycles. The first-order valence-electron chi connectivity index (χ1n) is 16.4. The van der Waals surface area contributed by atoms with Crippen LogP contribution in [0.1, 0.15) is 0 Å². The molecule has 0 saturated carbocycles. The minimum absolute atomic E-state index is 0.969. The van der Waals surface area contributed by atoms with Crippen molar-refractivity contribution in [1.82, 2.24) is 4.98 Å². The van der Waals surface area contributed by atoms with E-state index in [-0.39, 0.29) is 0 Å². The van der Waals surface area contributed by atoms with E-state index in [0.717, 1.165) is 11.3 Å². The largest absolute Gasteiger partial charge is 0.256 e. The fourth-order valence-corrected chi connectivity index (χ4v) is 6.40. The van der Waals surface area contributed by atoms with Crippen molar-refractivity contribution in [1.29, 1.82) is 0 Å². The van der Waals surface area contributed by atoms with Gasteiger partial charge in [0.2, 0.25) is 0 Å². The fraction of sp³-hybridized carbons (Fsp3) is 0. The molecule has 7 aromatic carbocycles. The first kappa shape index (κ1) is 29.1. The lowest BCUT2D eigenvalue weighted by molar-refractivity contribution is 1.33. The summed E-state index contributed by atoms with van der Waals surface area (Å²) in [7, 11) is 0. The zero-order chi connectivity index (χ0) is 32.1. The third-order valence-corrected chi connectivity index (χ3v) is 8.90. The summed E-state index contributed by atoms with van der Waals surface area (Å²) in [4.78, 5) is 4.65. The maximum absolute atomic E-state index is 4.65. The highest BCUT2D eigenvalue weighted by atomic mass is 14.7. The molecule has 0 N–H and O–H groups in total. The molecule has 0 radical (unpaired) electrons. The van der Waals surface area contributed by atoms with E-state index < -0.39 is 0 Å². The van der Waals surface area contributed by atoms with Crippen molar-refractivity contribution in [3.63, 3.8) is 0 Å². The van der Waals surface area contributed by atoms with Gasteiger partial charge in [-0.1, -0.05) is 140 Å². The van der Waals surface area contributed by atoms with E-state index in [1.54, 1.807) is 0 Å². The minimum Gasteiger partial charge on any atom is -0.256 e. The van der Waals surface area contributed by atoms with Crippen molar-refractivity contribution < 1.29 is 0 Å². The van der Waals surface area contributed by atoms with Crippen LogP contribution < -0.4 is 0 Å². The molecule has 0 bridgehead atoms. The minimum atomic E-state index is 0.969. The van der Waals surface area contributed by atoms with Crippen LogP contribution in [0.4, 0.5) is 0 Å². The molecule has 1 heteroatoms. The second kappa shape index (κ2) is 13.2. The van der Waals surface area contributed by atoms with Crippen LogP contribution >= 0.6 is 0 Å². The predicted octanol–water partition coefficient (Wildman–Crippen LogP) is 12.8. The van der Waals surface area contributed by atoms with Crippen LogP contribution in [0.5, 0.6) is 0 Å². The molecule has 8 rings (SSSR count). The molecule has 8 aromatic rings. The SMILES string of the molecule is c1ccc(-c2cc(-c3ccccc3)cc(-c3cccc(-c4ccc(-c5cc(-c6ccccc6)cc(-c6ccccn6)c5)cc4)c3)c2)cc1. The molecule has 0 aliphatic heterocycles. The Balaban J connectivity index is 1.16. The van der Waals surface area contributed by atoms with E-state index in [9.17, 15) is 0 Å². The summed E-state index contributed by atoms with van der Waals surface area (Å²) in [5.74, 6) is 0. The Kier molecular flexibility index (Phi) is 8.01. The molecule has 0 spiro atoms. The van der Waals surface area contributed by atoms with E-state index in [2.05, 4.69) is 187 Å². The molecule has 0 fully saturated rings. The normalized spacial score (nSPS) is 10.9. The summed E-state index contributed by atoms with van der Waals surface area (Å²) in [5.41, 5.74) is 16.4. The Labute approximate surface area is 282 Å². The van der Waals surface area contributed by atoms with E-state index in [4.69, 9.17) is 0 Å². The molecule has 0 atom stereocenters. The molecule has 0 amide bonds. The van der Waals surface area contributed by atoms with Crippen molar-refractivity contribution >= 4 is 0 Å². The van der Waals surface area contributed by atoms with Gasteiger partial charge in [0.15, 0.2) is 0 Å². The summed E-state index contributed by atoms with van der Waals surface area (Å²) in [6, 6.07) is 69.4. The summed E-state index contributed by atoms with van der Waals surface area (Å²) < 4.78 is 0. The summed E-state index contributed by atoms with van der Waals surface area (Å²) in [6.07, 6.45) is 1.85. The van der Waals surface area contributed by atoms with Crippen LogP contribution in [-0.2, 0) is 0 Å². The smallest absolute Gasteiger partial charge is 0.0702 e. The molecule has 0 aliphatic rings. The molecule has 0 unspecified atom stereocenters. The van der Waals surface area contributed by atoms with Crippen LogP contribution in [0, 0.1) is 0 Å². The first-order valence-corrected chi connectivity index (χ1v) is 16.4. The third-order valence-electron chi connectivity index (χ3n) is 8.90. The highest BCUT2D eigenvalue weighted by Gasteiger charge is 2.11. The summed E-state index contributed by atoms with van der Waals surface area (Å²) in [5, 5.41) is 0. The second-order valence-electron chi connectivity index (χ2n) is 12.1. The molecule has 1 nitrogen and oxygen atoms in total. The summed E-state index contributed by atoms with van der Waals surface area (Å²) >= 11 is 0. The van der Waals surface area contributed by atoms with Gasteiger partial charge < -0.3 is 0 Å². The van der Waals surface area contributed by atoms with E-state index in [0.29, 0.717) is 0 Å². The zero-order valence-corrected chi connectivity index (χ0v) is 26.5. The zero-order valence-electron chi connectivity index (χ0n) is 26.5. The fourth-order valence-electron chi connectivity index (χ4n) is 6.40. The van der Waals surface area contributed by atoms with Gasteiger partial charge in [0.25, 0.3) is 0 Å². The van der Waals surface area contributed by atoms with Crippen molar-refractivity contribution in [3.8, 4) is 78.0 Å². The van der Waals surface area contributed by atoms with Gasteiger partial charge in [-0.3, -0.25) is 4.98 Å². The average molecular weight is 612 g/mol. The van der Waals surface area contributed by atoms with Crippen molar-refractivity contribution in [3.05, 3.63) is 200 Å². The summed E-state index contributed by atoms with van der Waals surface area (Å²) in [6.45, 7) is 0. The molecule has 0 saturated heterocycles. The monoisotopic (exact) mass is 611 g/mol. The van der Waals surface area contributed by atoms with E-state index in [1.165, 1.54) is 66.8 Å². The lowest BCUT2D eigenvalue weighted by Gasteiger charge is -2.13. The van der Waals surface area contributed by atoms with Gasteiger partial charge in [0.1, 0.15) is 0 Å². The quantitative estimate of drug-likeness (QED) is 0.175. The van der Waals surface area contributed by atoms with Gasteiger partial charge in [-0.15, -0.1) is 0 Å². The Hall–Kier alpha value is -6.31. The standard InChI is InChI=1S/C47H33N/c1-4-13-34(14-5-1)41-28-42(35-15-6-2-7-16-35)31-45(30-41)40-20-12-19-39(27-40)37-22-24-38(25-23-37)44-29-43(36-17-8-3-9-18-36)32-46(33-44)47-21-10-11-26-48-47/h1-33H. The van der Waals surface area contributed by atoms with Gasteiger partial charge in [-0.05, 0) is 121 Å². The lowest BCUT2D eigenvalue weighted by atomic mass is 9.91. The number of hydrogen-bond donors (Lipinski definition) is 0. The number of nitrogens with zero attached hydrogens (tertiary/aromatic N) is 1. The number of aromatic nitrogens is 1. The number of pyridine rings is 1. The third kappa shape index (κ3) is 6.23. The van der Waals surface area contributed by atoms with Crippen LogP contribution in [0.25, 0.3) is 78.0 Å². The highest BCUT2D eigenvalue weighted by Crippen LogP contribution is 2.36. The van der Waals surface area contributed by atoms with Crippen molar-refractivity contribution in [2.45, 2.75) is 0 Å². The second-order valence-corrected chi connectivity index (χ2v) is 12.1. The molecular weight excluding hydrogens is 579 g/mol. The lowest BCUT2D eigenvalue weighted by Crippen LogP contribution is -1.88. The van der Waals surface area contributed by atoms with Gasteiger partial charge in [0, 0.05) is 11.8 Å². The van der Waals surface area contributed by atoms with Crippen LogP contribution in [0.15, 0.2) is 200 Å². The average Bonchev–Trinajstić information content (AvgIpc) is 3.19. The van der Waals surface area contributed by atoms with Gasteiger partial charge >= 0.3 is 0 Å². The van der Waals surface area contributed by atoms with E-state index in [1.807, 2.05) is 18.3 Å². The van der Waals surface area contributed by atoms with Crippen LogP contribution in [-0.4, -0.2) is 4.98 Å². The Bertz CT molecular complexity index is 2180. The Morgan fingerprint density at radius 2 is 0.521 bits per heavy atom. The van der Waals surface area contributed by atoms with E-state index >= 15 is 0 Å². The highest BCUT2D eigenvalue weighted by molar-refractivity contribution is 5.84. The predicted molar refractivity (Wildman–Crippen MR) is 202 cm³/mol. The molecule has 1 heterocycles. The molecule has 226 valence electrons. The number of benzene rings is 7. The van der Waals surface area contributed by atoms with Crippen LogP contribution in [0.2, 0.25) is 0 Å². The number of hydrogen-bond acceptors (Lipinski definition) is 1. The number of rotatable bonds is 7.